The fraction of sp³-hybridized carbons (Fsp3) is 0.222. The van der Waals surface area contributed by atoms with Crippen LogP contribution in [0.5, 0.6) is 0 Å². The van der Waals surface area contributed by atoms with Gasteiger partial charge in [-0.05, 0) is 43.0 Å². The molecule has 0 fully saturated rings. The predicted octanol–water partition coefficient (Wildman–Crippen LogP) is 2.30. The van der Waals surface area contributed by atoms with E-state index in [2.05, 4.69) is 15.3 Å². The Morgan fingerprint density at radius 1 is 1.28 bits per heavy atom. The third-order valence-electron chi connectivity index (χ3n) is 3.96. The maximum Gasteiger partial charge on any atom is 0.256 e. The fourth-order valence-corrected chi connectivity index (χ4v) is 3.00. The van der Waals surface area contributed by atoms with Crippen LogP contribution >= 0.6 is 11.3 Å². The number of nitrogens with one attached hydrogen (secondary N) is 1. The van der Waals surface area contributed by atoms with E-state index in [0.717, 1.165) is 16.8 Å². The van der Waals surface area contributed by atoms with Crippen LogP contribution in [0.25, 0.3) is 11.3 Å². The number of thiophene rings is 1. The van der Waals surface area contributed by atoms with Gasteiger partial charge in [0.05, 0.1) is 12.0 Å². The van der Waals surface area contributed by atoms with Gasteiger partial charge in [-0.1, -0.05) is 0 Å². The minimum absolute atomic E-state index is 0.0462. The normalized spacial score (nSPS) is 10.6. The maximum atomic E-state index is 12.1. The van der Waals surface area contributed by atoms with Gasteiger partial charge >= 0.3 is 0 Å². The van der Waals surface area contributed by atoms with E-state index in [1.165, 1.54) is 10.9 Å². The molecule has 0 aliphatic heterocycles. The lowest BCUT2D eigenvalue weighted by Gasteiger charge is -2.09. The fourth-order valence-electron chi connectivity index (χ4n) is 2.35. The summed E-state index contributed by atoms with van der Waals surface area (Å²) < 4.78 is 1.32. The summed E-state index contributed by atoms with van der Waals surface area (Å²) in [7, 11) is 0. The third-order valence-corrected chi connectivity index (χ3v) is 4.64. The number of carbonyl (C=O) groups excluding carboxylic acids is 1. The number of amides is 1. The Hall–Kier alpha value is -2.80. The second-order valence-electron chi connectivity index (χ2n) is 5.73. The molecule has 0 saturated heterocycles. The van der Waals surface area contributed by atoms with E-state index < -0.39 is 0 Å². The third kappa shape index (κ3) is 4.00. The first-order chi connectivity index (χ1) is 12.0. The number of pyridine rings is 1. The molecule has 1 amide bonds. The van der Waals surface area contributed by atoms with Crippen LogP contribution in [0.2, 0.25) is 0 Å². The van der Waals surface area contributed by atoms with Crippen LogP contribution in [0.3, 0.4) is 0 Å². The number of aryl methyl sites for hydroxylation is 1. The summed E-state index contributed by atoms with van der Waals surface area (Å²) in [5.41, 5.74) is 3.94. The van der Waals surface area contributed by atoms with E-state index in [4.69, 9.17) is 0 Å². The molecule has 0 unspecified atom stereocenters. The number of hydrogen-bond donors (Lipinski definition) is 1. The smallest absolute Gasteiger partial charge is 0.256 e. The molecule has 0 spiro atoms. The Morgan fingerprint density at radius 3 is 2.88 bits per heavy atom. The predicted molar refractivity (Wildman–Crippen MR) is 97.4 cm³/mol. The molecule has 128 valence electrons. The van der Waals surface area contributed by atoms with Gasteiger partial charge in [-0.2, -0.15) is 11.3 Å². The van der Waals surface area contributed by atoms with Gasteiger partial charge < -0.3 is 5.32 Å². The van der Waals surface area contributed by atoms with Crippen molar-refractivity contribution in [1.29, 1.82) is 0 Å². The highest BCUT2D eigenvalue weighted by molar-refractivity contribution is 7.08. The van der Waals surface area contributed by atoms with Crippen LogP contribution in [0, 0.1) is 13.8 Å². The van der Waals surface area contributed by atoms with Crippen LogP contribution in [0.4, 0.5) is 0 Å². The van der Waals surface area contributed by atoms with Crippen molar-refractivity contribution in [2.75, 3.05) is 0 Å². The maximum absolute atomic E-state index is 12.1. The lowest BCUT2D eigenvalue weighted by Crippen LogP contribution is -2.33. The Kier molecular flexibility index (Phi) is 5.04. The molecule has 0 bridgehead atoms. The second kappa shape index (κ2) is 7.40. The summed E-state index contributed by atoms with van der Waals surface area (Å²) >= 11 is 1.62. The molecular formula is C18H18N4O2S. The molecule has 0 aliphatic rings. The van der Waals surface area contributed by atoms with Crippen molar-refractivity contribution in [3.05, 3.63) is 68.7 Å². The molecular weight excluding hydrogens is 336 g/mol. The lowest BCUT2D eigenvalue weighted by atomic mass is 10.1. The number of rotatable bonds is 5. The zero-order valence-corrected chi connectivity index (χ0v) is 14.8. The Balaban J connectivity index is 1.64. The molecule has 3 rings (SSSR count). The van der Waals surface area contributed by atoms with Crippen molar-refractivity contribution in [2.24, 2.45) is 0 Å². The van der Waals surface area contributed by atoms with Crippen LogP contribution in [0.1, 0.15) is 16.8 Å². The molecule has 0 saturated carbocycles. The van der Waals surface area contributed by atoms with E-state index in [1.54, 1.807) is 31.4 Å². The molecule has 3 heterocycles. The number of aromatic nitrogens is 3. The van der Waals surface area contributed by atoms with Crippen molar-refractivity contribution in [2.45, 2.75) is 26.9 Å². The summed E-state index contributed by atoms with van der Waals surface area (Å²) in [6.45, 7) is 3.82. The van der Waals surface area contributed by atoms with Crippen LogP contribution in [-0.4, -0.2) is 20.4 Å². The van der Waals surface area contributed by atoms with Gasteiger partial charge in [-0.15, -0.1) is 0 Å². The van der Waals surface area contributed by atoms with E-state index in [1.807, 2.05) is 29.0 Å². The first kappa shape index (κ1) is 17.0. The van der Waals surface area contributed by atoms with E-state index in [9.17, 15) is 9.59 Å². The highest BCUT2D eigenvalue weighted by atomic mass is 32.1. The molecule has 3 aromatic heterocycles. The Labute approximate surface area is 149 Å². The summed E-state index contributed by atoms with van der Waals surface area (Å²) in [5, 5.41) is 6.86. The highest BCUT2D eigenvalue weighted by Crippen LogP contribution is 2.20. The molecule has 0 atom stereocenters. The van der Waals surface area contributed by atoms with Gasteiger partial charge in [-0.25, -0.2) is 4.98 Å². The number of carbonyl (C=O) groups is 1. The topological polar surface area (TPSA) is 76.9 Å². The molecule has 0 aliphatic carbocycles. The van der Waals surface area contributed by atoms with Crippen molar-refractivity contribution in [3.63, 3.8) is 0 Å². The Morgan fingerprint density at radius 2 is 2.12 bits per heavy atom. The minimum atomic E-state index is -0.235. The van der Waals surface area contributed by atoms with Gasteiger partial charge in [0, 0.05) is 34.9 Å². The van der Waals surface area contributed by atoms with Crippen molar-refractivity contribution in [1.82, 2.24) is 19.9 Å². The summed E-state index contributed by atoms with van der Waals surface area (Å²) in [4.78, 5) is 32.7. The Bertz CT molecular complexity index is 948. The van der Waals surface area contributed by atoms with Gasteiger partial charge in [0.1, 0.15) is 6.54 Å². The van der Waals surface area contributed by atoms with E-state index in [0.29, 0.717) is 17.8 Å². The number of hydrogen-bond acceptors (Lipinski definition) is 5. The molecule has 0 radical (unpaired) electrons. The largest absolute Gasteiger partial charge is 0.350 e. The SMILES string of the molecule is Cc1ncn(CC(=O)NCc2ccnc(-c3ccsc3)c2)c(=O)c1C. The van der Waals surface area contributed by atoms with E-state index >= 15 is 0 Å². The minimum Gasteiger partial charge on any atom is -0.350 e. The molecule has 7 heteroatoms. The monoisotopic (exact) mass is 354 g/mol. The van der Waals surface area contributed by atoms with Crippen molar-refractivity contribution >= 4 is 17.2 Å². The van der Waals surface area contributed by atoms with Gasteiger partial charge in [0.15, 0.2) is 0 Å². The molecule has 25 heavy (non-hydrogen) atoms. The zero-order chi connectivity index (χ0) is 17.8. The van der Waals surface area contributed by atoms with Crippen molar-refractivity contribution in [3.8, 4) is 11.3 Å². The highest BCUT2D eigenvalue weighted by Gasteiger charge is 2.08. The molecule has 0 aromatic carbocycles. The standard InChI is InChI=1S/C18H18N4O2S/c1-12-13(2)21-11-22(18(12)24)9-17(23)20-8-14-3-5-19-16(7-14)15-4-6-25-10-15/h3-7,10-11H,8-9H2,1-2H3,(H,20,23). The van der Waals surface area contributed by atoms with Gasteiger partial charge in [0.2, 0.25) is 5.91 Å². The second-order valence-corrected chi connectivity index (χ2v) is 6.51. The van der Waals surface area contributed by atoms with Crippen LogP contribution in [0.15, 0.2) is 46.3 Å². The quantitative estimate of drug-likeness (QED) is 0.763. The summed E-state index contributed by atoms with van der Waals surface area (Å²) in [6, 6.07) is 5.82. The number of nitrogens with zero attached hydrogens (tertiary/aromatic N) is 3. The molecule has 6 nitrogen and oxygen atoms in total. The van der Waals surface area contributed by atoms with Crippen LogP contribution in [-0.2, 0) is 17.9 Å². The van der Waals surface area contributed by atoms with Gasteiger partial charge in [-0.3, -0.25) is 19.1 Å². The first-order valence-electron chi connectivity index (χ1n) is 7.81. The van der Waals surface area contributed by atoms with Gasteiger partial charge in [0.25, 0.3) is 5.56 Å². The van der Waals surface area contributed by atoms with E-state index in [-0.39, 0.29) is 18.0 Å². The summed E-state index contributed by atoms with van der Waals surface area (Å²) in [6.07, 6.45) is 3.14. The molecule has 3 aromatic rings. The van der Waals surface area contributed by atoms with Crippen LogP contribution < -0.4 is 10.9 Å². The molecule has 1 N–H and O–H groups in total. The zero-order valence-electron chi connectivity index (χ0n) is 14.0. The summed E-state index contributed by atoms with van der Waals surface area (Å²) in [5.74, 6) is -0.235. The van der Waals surface area contributed by atoms with Crippen molar-refractivity contribution < 1.29 is 4.79 Å². The average molecular weight is 354 g/mol. The first-order valence-corrected chi connectivity index (χ1v) is 8.75. The lowest BCUT2D eigenvalue weighted by molar-refractivity contribution is -0.121. The average Bonchev–Trinajstić information content (AvgIpc) is 3.15.